The van der Waals surface area contributed by atoms with Gasteiger partial charge in [0.05, 0.1) is 6.61 Å². The standard InChI is InChI=1S/C10H19NO3/c1-3-4-8-5-11(6-8)9(7-14-2)10(12)13/h8-9H,3-7H2,1-2H3,(H,12,13). The number of likely N-dealkylation sites (tertiary alicyclic amines) is 1. The Labute approximate surface area is 84.8 Å². The van der Waals surface area contributed by atoms with Gasteiger partial charge in [-0.2, -0.15) is 0 Å². The fraction of sp³-hybridized carbons (Fsp3) is 0.900. The fourth-order valence-electron chi connectivity index (χ4n) is 1.95. The lowest BCUT2D eigenvalue weighted by atomic mass is 9.93. The third kappa shape index (κ3) is 2.69. The Kier molecular flexibility index (Phi) is 4.35. The molecule has 1 rings (SSSR count). The van der Waals surface area contributed by atoms with Crippen molar-refractivity contribution in [1.29, 1.82) is 0 Å². The summed E-state index contributed by atoms with van der Waals surface area (Å²) in [6.45, 7) is 4.27. The molecule has 0 amide bonds. The molecule has 1 atom stereocenters. The molecule has 4 heteroatoms. The highest BCUT2D eigenvalue weighted by molar-refractivity contribution is 5.73. The second kappa shape index (κ2) is 5.32. The molecule has 1 saturated heterocycles. The Balaban J connectivity index is 2.31. The molecule has 1 N–H and O–H groups in total. The maximum atomic E-state index is 10.9. The molecule has 0 bridgehead atoms. The summed E-state index contributed by atoms with van der Waals surface area (Å²) in [5.74, 6) is -0.0829. The molecular weight excluding hydrogens is 182 g/mol. The van der Waals surface area contributed by atoms with Gasteiger partial charge in [0.25, 0.3) is 0 Å². The van der Waals surface area contributed by atoms with Gasteiger partial charge in [-0.15, -0.1) is 0 Å². The van der Waals surface area contributed by atoms with E-state index in [4.69, 9.17) is 9.84 Å². The Bertz CT molecular complexity index is 190. The number of aliphatic carboxylic acids is 1. The second-order valence-corrected chi connectivity index (χ2v) is 3.92. The van der Waals surface area contributed by atoms with Gasteiger partial charge >= 0.3 is 5.97 Å². The Hall–Kier alpha value is -0.610. The van der Waals surface area contributed by atoms with E-state index in [0.29, 0.717) is 5.92 Å². The molecule has 1 unspecified atom stereocenters. The van der Waals surface area contributed by atoms with Crippen LogP contribution in [0.2, 0.25) is 0 Å². The van der Waals surface area contributed by atoms with E-state index >= 15 is 0 Å². The van der Waals surface area contributed by atoms with Crippen molar-refractivity contribution in [2.75, 3.05) is 26.8 Å². The third-order valence-corrected chi connectivity index (χ3v) is 2.73. The molecule has 0 saturated carbocycles. The summed E-state index contributed by atoms with van der Waals surface area (Å²) in [6, 6.07) is -0.451. The Morgan fingerprint density at radius 3 is 2.71 bits per heavy atom. The summed E-state index contributed by atoms with van der Waals surface area (Å²) in [4.78, 5) is 12.8. The summed E-state index contributed by atoms with van der Waals surface area (Å²) < 4.78 is 4.89. The monoisotopic (exact) mass is 201 g/mol. The maximum Gasteiger partial charge on any atom is 0.323 e. The van der Waals surface area contributed by atoms with Crippen molar-refractivity contribution in [3.8, 4) is 0 Å². The van der Waals surface area contributed by atoms with Gasteiger partial charge in [0.2, 0.25) is 0 Å². The minimum absolute atomic E-state index is 0.286. The molecule has 0 radical (unpaired) electrons. The lowest BCUT2D eigenvalue weighted by Gasteiger charge is -2.42. The first-order valence-corrected chi connectivity index (χ1v) is 5.14. The van der Waals surface area contributed by atoms with Gasteiger partial charge in [-0.3, -0.25) is 9.69 Å². The molecule has 1 aliphatic heterocycles. The lowest BCUT2D eigenvalue weighted by molar-refractivity contribution is -0.149. The number of ether oxygens (including phenoxy) is 1. The highest BCUT2D eigenvalue weighted by Crippen LogP contribution is 2.22. The number of hydrogen-bond donors (Lipinski definition) is 1. The van der Waals surface area contributed by atoms with Crippen molar-refractivity contribution < 1.29 is 14.6 Å². The van der Waals surface area contributed by atoms with Crippen LogP contribution in [0.25, 0.3) is 0 Å². The van der Waals surface area contributed by atoms with E-state index in [1.165, 1.54) is 12.8 Å². The lowest BCUT2D eigenvalue weighted by Crippen LogP contribution is -2.56. The minimum Gasteiger partial charge on any atom is -0.480 e. The van der Waals surface area contributed by atoms with E-state index < -0.39 is 12.0 Å². The first kappa shape index (κ1) is 11.5. The highest BCUT2D eigenvalue weighted by Gasteiger charge is 2.35. The number of carbonyl (C=O) groups is 1. The van der Waals surface area contributed by atoms with Crippen LogP contribution in [-0.2, 0) is 9.53 Å². The zero-order valence-electron chi connectivity index (χ0n) is 8.90. The normalized spacial score (nSPS) is 20.4. The topological polar surface area (TPSA) is 49.8 Å². The number of nitrogens with zero attached hydrogens (tertiary/aromatic N) is 1. The van der Waals surface area contributed by atoms with Gasteiger partial charge in [-0.1, -0.05) is 13.3 Å². The maximum absolute atomic E-state index is 10.9. The van der Waals surface area contributed by atoms with Gasteiger partial charge in [-0.05, 0) is 12.3 Å². The molecular formula is C10H19NO3. The number of carboxylic acid groups (broad SMARTS) is 1. The molecule has 4 nitrogen and oxygen atoms in total. The van der Waals surface area contributed by atoms with Gasteiger partial charge in [0.15, 0.2) is 0 Å². The van der Waals surface area contributed by atoms with E-state index in [1.54, 1.807) is 7.11 Å². The fourth-order valence-corrected chi connectivity index (χ4v) is 1.95. The van der Waals surface area contributed by atoms with Crippen LogP contribution in [0, 0.1) is 5.92 Å². The highest BCUT2D eigenvalue weighted by atomic mass is 16.5. The van der Waals surface area contributed by atoms with Crippen LogP contribution in [0.4, 0.5) is 0 Å². The van der Waals surface area contributed by atoms with E-state index in [-0.39, 0.29) is 6.61 Å². The predicted molar refractivity (Wildman–Crippen MR) is 53.3 cm³/mol. The average Bonchev–Trinajstić information content (AvgIpc) is 2.07. The SMILES string of the molecule is CCCC1CN(C(COC)C(=O)O)C1. The van der Waals surface area contributed by atoms with Crippen molar-refractivity contribution >= 4 is 5.97 Å². The van der Waals surface area contributed by atoms with Gasteiger partial charge in [0.1, 0.15) is 6.04 Å². The minimum atomic E-state index is -0.776. The van der Waals surface area contributed by atoms with Crippen molar-refractivity contribution in [3.63, 3.8) is 0 Å². The van der Waals surface area contributed by atoms with Crippen LogP contribution in [0.5, 0.6) is 0 Å². The van der Waals surface area contributed by atoms with Crippen LogP contribution in [-0.4, -0.2) is 48.8 Å². The smallest absolute Gasteiger partial charge is 0.323 e. The largest absolute Gasteiger partial charge is 0.480 e. The molecule has 1 fully saturated rings. The van der Waals surface area contributed by atoms with Crippen molar-refractivity contribution in [2.24, 2.45) is 5.92 Å². The predicted octanol–water partition coefficient (Wildman–Crippen LogP) is 0.818. The van der Waals surface area contributed by atoms with Crippen LogP contribution in [0.3, 0.4) is 0 Å². The average molecular weight is 201 g/mol. The Morgan fingerprint density at radius 1 is 1.64 bits per heavy atom. The van der Waals surface area contributed by atoms with Crippen molar-refractivity contribution in [1.82, 2.24) is 4.90 Å². The van der Waals surface area contributed by atoms with Crippen LogP contribution in [0.1, 0.15) is 19.8 Å². The molecule has 0 aromatic carbocycles. The summed E-state index contributed by atoms with van der Waals surface area (Å²) in [5, 5.41) is 8.93. The molecule has 0 aromatic rings. The van der Waals surface area contributed by atoms with E-state index in [1.807, 2.05) is 4.90 Å². The number of carboxylic acids is 1. The van der Waals surface area contributed by atoms with Crippen LogP contribution in [0.15, 0.2) is 0 Å². The second-order valence-electron chi connectivity index (χ2n) is 3.92. The van der Waals surface area contributed by atoms with Crippen molar-refractivity contribution in [3.05, 3.63) is 0 Å². The molecule has 1 heterocycles. The quantitative estimate of drug-likeness (QED) is 0.691. The zero-order valence-corrected chi connectivity index (χ0v) is 8.90. The molecule has 0 aliphatic carbocycles. The summed E-state index contributed by atoms with van der Waals surface area (Å²) >= 11 is 0. The molecule has 0 spiro atoms. The first-order chi connectivity index (χ1) is 6.69. The molecule has 14 heavy (non-hydrogen) atoms. The van der Waals surface area contributed by atoms with E-state index in [2.05, 4.69) is 6.92 Å². The van der Waals surface area contributed by atoms with Gasteiger partial charge < -0.3 is 9.84 Å². The molecule has 1 aliphatic rings. The van der Waals surface area contributed by atoms with Gasteiger partial charge in [-0.25, -0.2) is 0 Å². The number of methoxy groups -OCH3 is 1. The Morgan fingerprint density at radius 2 is 2.29 bits per heavy atom. The van der Waals surface area contributed by atoms with Crippen LogP contribution >= 0.6 is 0 Å². The summed E-state index contributed by atoms with van der Waals surface area (Å²) in [7, 11) is 1.54. The molecule has 82 valence electrons. The van der Waals surface area contributed by atoms with Crippen molar-refractivity contribution in [2.45, 2.75) is 25.8 Å². The van der Waals surface area contributed by atoms with E-state index in [0.717, 1.165) is 13.1 Å². The van der Waals surface area contributed by atoms with E-state index in [9.17, 15) is 4.79 Å². The zero-order chi connectivity index (χ0) is 10.6. The summed E-state index contributed by atoms with van der Waals surface area (Å²) in [6.07, 6.45) is 2.39. The first-order valence-electron chi connectivity index (χ1n) is 5.14. The third-order valence-electron chi connectivity index (χ3n) is 2.73. The van der Waals surface area contributed by atoms with Crippen LogP contribution < -0.4 is 0 Å². The summed E-state index contributed by atoms with van der Waals surface area (Å²) in [5.41, 5.74) is 0. The van der Waals surface area contributed by atoms with Gasteiger partial charge in [0, 0.05) is 20.2 Å². The molecule has 0 aromatic heterocycles. The number of rotatable bonds is 6. The number of hydrogen-bond acceptors (Lipinski definition) is 3.